The largest absolute Gasteiger partial charge is 0.497 e. The molecule has 0 aliphatic rings. The lowest BCUT2D eigenvalue weighted by Crippen LogP contribution is -1.88. The highest BCUT2D eigenvalue weighted by molar-refractivity contribution is 6.26. The minimum absolute atomic E-state index is 0.702. The van der Waals surface area contributed by atoms with Crippen LogP contribution in [0.1, 0.15) is 15.9 Å². The number of methoxy groups -OCH3 is 1. The molecule has 0 spiro atoms. The monoisotopic (exact) mass is 300 g/mol. The molecule has 0 bridgehead atoms. The van der Waals surface area contributed by atoms with Crippen LogP contribution in [0.5, 0.6) is 5.75 Å². The molecular weight excluding hydrogens is 284 g/mol. The Labute approximate surface area is 134 Å². The van der Waals surface area contributed by atoms with Gasteiger partial charge in [-0.15, -0.1) is 0 Å². The molecule has 0 saturated heterocycles. The van der Waals surface area contributed by atoms with Gasteiger partial charge >= 0.3 is 0 Å². The van der Waals surface area contributed by atoms with E-state index in [9.17, 15) is 4.79 Å². The first kappa shape index (κ1) is 13.8. The summed E-state index contributed by atoms with van der Waals surface area (Å²) in [5, 5.41) is 6.97. The van der Waals surface area contributed by atoms with Crippen molar-refractivity contribution in [3.8, 4) is 5.75 Å². The van der Waals surface area contributed by atoms with Crippen molar-refractivity contribution in [2.45, 2.75) is 6.92 Å². The van der Waals surface area contributed by atoms with Crippen molar-refractivity contribution >= 4 is 38.6 Å². The van der Waals surface area contributed by atoms with Crippen LogP contribution in [-0.4, -0.2) is 13.4 Å². The second-order valence-electron chi connectivity index (χ2n) is 5.88. The molecule has 2 heteroatoms. The van der Waals surface area contributed by atoms with E-state index in [1.54, 1.807) is 7.11 Å². The SMILES string of the molecule is COc1ccc2c3ccc(C=O)cc3c3cc(C)ccc3c2c1. The number of carbonyl (C=O) groups excluding carboxylic acids is 1. The number of benzene rings is 4. The summed E-state index contributed by atoms with van der Waals surface area (Å²) in [6.07, 6.45) is 0.902. The van der Waals surface area contributed by atoms with E-state index in [-0.39, 0.29) is 0 Å². The highest BCUT2D eigenvalue weighted by Gasteiger charge is 2.10. The maximum atomic E-state index is 11.2. The molecule has 0 amide bonds. The van der Waals surface area contributed by atoms with Gasteiger partial charge in [-0.25, -0.2) is 0 Å². The predicted molar refractivity (Wildman–Crippen MR) is 95.6 cm³/mol. The van der Waals surface area contributed by atoms with Gasteiger partial charge in [0.05, 0.1) is 7.11 Å². The van der Waals surface area contributed by atoms with Gasteiger partial charge in [0.2, 0.25) is 0 Å². The van der Waals surface area contributed by atoms with Gasteiger partial charge in [0.25, 0.3) is 0 Å². The summed E-state index contributed by atoms with van der Waals surface area (Å²) < 4.78 is 5.40. The van der Waals surface area contributed by atoms with Crippen molar-refractivity contribution in [3.63, 3.8) is 0 Å². The summed E-state index contributed by atoms with van der Waals surface area (Å²) in [5.74, 6) is 0.850. The van der Waals surface area contributed by atoms with E-state index in [4.69, 9.17) is 4.74 Å². The molecule has 0 atom stereocenters. The van der Waals surface area contributed by atoms with Gasteiger partial charge < -0.3 is 4.74 Å². The zero-order valence-corrected chi connectivity index (χ0v) is 13.1. The van der Waals surface area contributed by atoms with Crippen LogP contribution in [0.15, 0.2) is 54.6 Å². The molecule has 4 aromatic carbocycles. The van der Waals surface area contributed by atoms with Crippen LogP contribution < -0.4 is 4.74 Å². The topological polar surface area (TPSA) is 26.3 Å². The Morgan fingerprint density at radius 1 is 0.739 bits per heavy atom. The molecule has 0 unspecified atom stereocenters. The van der Waals surface area contributed by atoms with Gasteiger partial charge in [0, 0.05) is 5.56 Å². The summed E-state index contributed by atoms with van der Waals surface area (Å²) in [5.41, 5.74) is 1.91. The number of aryl methyl sites for hydroxylation is 1. The van der Waals surface area contributed by atoms with Gasteiger partial charge in [-0.05, 0) is 57.4 Å². The number of hydrogen-bond donors (Lipinski definition) is 0. The second-order valence-corrected chi connectivity index (χ2v) is 5.88. The first-order valence-electron chi connectivity index (χ1n) is 7.60. The molecule has 4 rings (SSSR count). The lowest BCUT2D eigenvalue weighted by Gasteiger charge is -2.12. The first-order valence-corrected chi connectivity index (χ1v) is 7.60. The average molecular weight is 300 g/mol. The molecule has 0 aliphatic carbocycles. The molecule has 0 heterocycles. The molecule has 0 N–H and O–H groups in total. The summed E-state index contributed by atoms with van der Waals surface area (Å²) in [6.45, 7) is 2.09. The third-order valence-electron chi connectivity index (χ3n) is 4.45. The van der Waals surface area contributed by atoms with E-state index in [2.05, 4.69) is 37.3 Å². The zero-order valence-electron chi connectivity index (χ0n) is 13.1. The lowest BCUT2D eigenvalue weighted by molar-refractivity contribution is 0.112. The van der Waals surface area contributed by atoms with E-state index in [1.807, 2.05) is 24.3 Å². The molecule has 4 aromatic rings. The van der Waals surface area contributed by atoms with E-state index in [1.165, 1.54) is 27.1 Å². The number of aldehydes is 1. The van der Waals surface area contributed by atoms with E-state index in [0.29, 0.717) is 5.56 Å². The molecule has 23 heavy (non-hydrogen) atoms. The van der Waals surface area contributed by atoms with Gasteiger partial charge in [-0.3, -0.25) is 4.79 Å². The van der Waals surface area contributed by atoms with Crippen LogP contribution >= 0.6 is 0 Å². The molecule has 0 aliphatic heterocycles. The number of hydrogen-bond acceptors (Lipinski definition) is 2. The number of fused-ring (bicyclic) bond motifs is 6. The zero-order chi connectivity index (χ0) is 16.0. The molecule has 0 aromatic heterocycles. The summed E-state index contributed by atoms with van der Waals surface area (Å²) >= 11 is 0. The van der Waals surface area contributed by atoms with Crippen LogP contribution in [0.25, 0.3) is 32.3 Å². The normalized spacial score (nSPS) is 11.2. The number of ether oxygens (including phenoxy) is 1. The van der Waals surface area contributed by atoms with Gasteiger partial charge in [-0.1, -0.05) is 42.0 Å². The quantitative estimate of drug-likeness (QED) is 0.372. The summed E-state index contributed by atoms with van der Waals surface area (Å²) in [4.78, 5) is 11.2. The standard InChI is InChI=1S/C21H16O2/c1-13-3-6-18-19(9-13)20-10-14(12-22)4-7-16(20)17-8-5-15(23-2)11-21(17)18/h3-12H,1-2H3. The van der Waals surface area contributed by atoms with E-state index >= 15 is 0 Å². The van der Waals surface area contributed by atoms with Crippen LogP contribution in [-0.2, 0) is 0 Å². The molecule has 0 fully saturated rings. The average Bonchev–Trinajstić information content (AvgIpc) is 2.60. The Hall–Kier alpha value is -2.87. The highest BCUT2D eigenvalue weighted by atomic mass is 16.5. The molecular formula is C21H16O2. The Balaban J connectivity index is 2.30. The Morgan fingerprint density at radius 3 is 2.09 bits per heavy atom. The fraction of sp³-hybridized carbons (Fsp3) is 0.0952. The van der Waals surface area contributed by atoms with Gasteiger partial charge in [0.15, 0.2) is 0 Å². The van der Waals surface area contributed by atoms with Crippen LogP contribution in [0.3, 0.4) is 0 Å². The Kier molecular flexibility index (Phi) is 3.05. The Morgan fingerprint density at radius 2 is 1.35 bits per heavy atom. The molecule has 112 valence electrons. The lowest BCUT2D eigenvalue weighted by atomic mass is 9.92. The predicted octanol–water partition coefficient (Wildman–Crippen LogP) is 5.28. The fourth-order valence-electron chi connectivity index (χ4n) is 3.32. The highest BCUT2D eigenvalue weighted by Crippen LogP contribution is 2.37. The maximum Gasteiger partial charge on any atom is 0.150 e. The summed E-state index contributed by atoms with van der Waals surface area (Å²) in [7, 11) is 1.69. The fourth-order valence-corrected chi connectivity index (χ4v) is 3.32. The third-order valence-corrected chi connectivity index (χ3v) is 4.45. The van der Waals surface area contributed by atoms with Gasteiger partial charge in [-0.2, -0.15) is 0 Å². The molecule has 0 radical (unpaired) electrons. The number of rotatable bonds is 2. The minimum atomic E-state index is 0.702. The molecule has 0 saturated carbocycles. The minimum Gasteiger partial charge on any atom is -0.497 e. The van der Waals surface area contributed by atoms with E-state index < -0.39 is 0 Å². The van der Waals surface area contributed by atoms with E-state index in [0.717, 1.165) is 22.8 Å². The van der Waals surface area contributed by atoms with Crippen molar-refractivity contribution in [1.82, 2.24) is 0 Å². The van der Waals surface area contributed by atoms with Crippen LogP contribution in [0.2, 0.25) is 0 Å². The van der Waals surface area contributed by atoms with Crippen molar-refractivity contribution in [1.29, 1.82) is 0 Å². The van der Waals surface area contributed by atoms with Crippen LogP contribution in [0, 0.1) is 6.92 Å². The van der Waals surface area contributed by atoms with Crippen molar-refractivity contribution in [3.05, 3.63) is 65.7 Å². The first-order chi connectivity index (χ1) is 11.2. The smallest absolute Gasteiger partial charge is 0.150 e. The van der Waals surface area contributed by atoms with Gasteiger partial charge in [0.1, 0.15) is 12.0 Å². The molecule has 2 nitrogen and oxygen atoms in total. The number of carbonyl (C=O) groups is 1. The third kappa shape index (κ3) is 2.07. The van der Waals surface area contributed by atoms with Crippen LogP contribution in [0.4, 0.5) is 0 Å². The Bertz CT molecular complexity index is 1080. The second kappa shape index (κ2) is 5.10. The maximum absolute atomic E-state index is 11.2. The summed E-state index contributed by atoms with van der Waals surface area (Å²) in [6, 6.07) is 18.5. The van der Waals surface area contributed by atoms with Crippen molar-refractivity contribution in [2.75, 3.05) is 7.11 Å². The van der Waals surface area contributed by atoms with Crippen molar-refractivity contribution < 1.29 is 9.53 Å². The van der Waals surface area contributed by atoms with Crippen molar-refractivity contribution in [2.24, 2.45) is 0 Å².